The minimum atomic E-state index is -0.421. The molecule has 0 amide bonds. The van der Waals surface area contributed by atoms with Crippen molar-refractivity contribution < 1.29 is 18.3 Å². The molecule has 0 unspecified atom stereocenters. The van der Waals surface area contributed by atoms with Gasteiger partial charge in [0.2, 0.25) is 0 Å². The number of nitroso groups, excluding NO2 is 1. The van der Waals surface area contributed by atoms with Gasteiger partial charge >= 0.3 is 5.63 Å². The number of benzene rings is 2. The summed E-state index contributed by atoms with van der Waals surface area (Å²) in [5, 5.41) is 4.44. The van der Waals surface area contributed by atoms with Crippen molar-refractivity contribution in [3.8, 4) is 11.5 Å². The van der Waals surface area contributed by atoms with Gasteiger partial charge in [-0.3, -0.25) is 0 Å². The Morgan fingerprint density at radius 2 is 1.71 bits per heavy atom. The normalized spacial score (nSPS) is 11.0. The number of furan rings is 1. The maximum atomic E-state index is 11.5. The molecule has 2 aromatic heterocycles. The topological polar surface area (TPSA) is 91.2 Å². The molecule has 2 aromatic carbocycles. The first-order chi connectivity index (χ1) is 13.7. The fraction of sp³-hybridized carbons (Fsp3) is 0.190. The van der Waals surface area contributed by atoms with Gasteiger partial charge in [-0.2, -0.15) is 0 Å². The van der Waals surface area contributed by atoms with E-state index in [0.717, 1.165) is 23.6 Å². The first-order valence-electron chi connectivity index (χ1n) is 8.88. The van der Waals surface area contributed by atoms with Crippen molar-refractivity contribution in [2.45, 2.75) is 12.8 Å². The summed E-state index contributed by atoms with van der Waals surface area (Å²) in [6, 6.07) is 13.3. The first kappa shape index (κ1) is 17.8. The lowest BCUT2D eigenvalue weighted by molar-refractivity contribution is 0.269. The third-order valence-corrected chi connectivity index (χ3v) is 4.29. The van der Waals surface area contributed by atoms with Gasteiger partial charge in [0, 0.05) is 18.2 Å². The summed E-state index contributed by atoms with van der Waals surface area (Å²) >= 11 is 0. The minimum Gasteiger partial charge on any atom is -0.494 e. The van der Waals surface area contributed by atoms with Crippen LogP contribution in [0.1, 0.15) is 12.8 Å². The van der Waals surface area contributed by atoms with E-state index in [0.29, 0.717) is 41.6 Å². The second-order valence-corrected chi connectivity index (χ2v) is 6.20. The van der Waals surface area contributed by atoms with Crippen LogP contribution in [-0.4, -0.2) is 13.2 Å². The Morgan fingerprint density at radius 3 is 2.57 bits per heavy atom. The van der Waals surface area contributed by atoms with Crippen LogP contribution < -0.4 is 15.1 Å². The molecule has 0 N–H and O–H groups in total. The molecule has 0 saturated heterocycles. The van der Waals surface area contributed by atoms with E-state index in [2.05, 4.69) is 5.18 Å². The number of hydrogen-bond donors (Lipinski definition) is 0. The van der Waals surface area contributed by atoms with E-state index in [1.807, 2.05) is 6.07 Å². The van der Waals surface area contributed by atoms with E-state index in [-0.39, 0.29) is 0 Å². The summed E-state index contributed by atoms with van der Waals surface area (Å²) in [7, 11) is 0. The summed E-state index contributed by atoms with van der Waals surface area (Å²) in [5.41, 5.74) is 0.948. The molecule has 0 atom stereocenters. The highest BCUT2D eigenvalue weighted by Crippen LogP contribution is 2.35. The largest absolute Gasteiger partial charge is 0.494 e. The zero-order chi connectivity index (χ0) is 19.3. The van der Waals surface area contributed by atoms with E-state index in [1.54, 1.807) is 42.7 Å². The Labute approximate surface area is 159 Å². The lowest BCUT2D eigenvalue weighted by atomic mass is 10.1. The maximum absolute atomic E-state index is 11.5. The summed E-state index contributed by atoms with van der Waals surface area (Å²) in [6.45, 7) is 0.967. The first-order valence-corrected chi connectivity index (χ1v) is 8.88. The van der Waals surface area contributed by atoms with Crippen molar-refractivity contribution in [1.29, 1.82) is 0 Å². The number of hydrogen-bond acceptors (Lipinski definition) is 7. The zero-order valence-electron chi connectivity index (χ0n) is 14.9. The molecular formula is C21H17NO6. The van der Waals surface area contributed by atoms with Crippen molar-refractivity contribution >= 4 is 27.6 Å². The van der Waals surface area contributed by atoms with Gasteiger partial charge in [-0.25, -0.2) is 4.79 Å². The molecule has 4 aromatic rings. The number of unbranched alkanes of at least 4 members (excludes halogenated alkanes) is 1. The van der Waals surface area contributed by atoms with Crippen LogP contribution in [0.4, 0.5) is 5.69 Å². The molecular weight excluding hydrogens is 362 g/mol. The van der Waals surface area contributed by atoms with Crippen LogP contribution in [0.15, 0.2) is 73.6 Å². The third kappa shape index (κ3) is 3.73. The van der Waals surface area contributed by atoms with Gasteiger partial charge in [-0.1, -0.05) is 6.07 Å². The quantitative estimate of drug-likeness (QED) is 0.238. The molecule has 0 aliphatic heterocycles. The Morgan fingerprint density at radius 1 is 0.893 bits per heavy atom. The van der Waals surface area contributed by atoms with E-state index in [1.165, 1.54) is 6.07 Å². The van der Waals surface area contributed by atoms with Crippen LogP contribution in [0.3, 0.4) is 0 Å². The van der Waals surface area contributed by atoms with Crippen LogP contribution in [0.2, 0.25) is 0 Å². The molecule has 0 saturated carbocycles. The molecule has 0 bridgehead atoms. The highest BCUT2D eigenvalue weighted by Gasteiger charge is 2.13. The fourth-order valence-corrected chi connectivity index (χ4v) is 2.96. The predicted octanol–water partition coefficient (Wildman–Crippen LogP) is 5.18. The van der Waals surface area contributed by atoms with Crippen molar-refractivity contribution in [2.75, 3.05) is 13.2 Å². The lowest BCUT2D eigenvalue weighted by Crippen LogP contribution is -2.03. The summed E-state index contributed by atoms with van der Waals surface area (Å²) in [6.07, 6.45) is 3.11. The molecule has 0 radical (unpaired) electrons. The van der Waals surface area contributed by atoms with E-state index in [4.69, 9.17) is 18.3 Å². The van der Waals surface area contributed by atoms with Gasteiger partial charge in [-0.15, -0.1) is 4.91 Å². The zero-order valence-corrected chi connectivity index (χ0v) is 14.9. The molecule has 4 rings (SSSR count). The van der Waals surface area contributed by atoms with Crippen molar-refractivity contribution in [1.82, 2.24) is 0 Å². The SMILES string of the molecule is O=Nc1cccc(OCCCCOc2c3ccoc3cc3oc(=O)ccc23)c1. The van der Waals surface area contributed by atoms with Crippen LogP contribution in [-0.2, 0) is 0 Å². The van der Waals surface area contributed by atoms with Crippen molar-refractivity contribution in [2.24, 2.45) is 5.18 Å². The Balaban J connectivity index is 1.38. The van der Waals surface area contributed by atoms with Gasteiger partial charge in [0.1, 0.15) is 28.4 Å². The van der Waals surface area contributed by atoms with E-state index >= 15 is 0 Å². The van der Waals surface area contributed by atoms with Crippen LogP contribution in [0, 0.1) is 4.91 Å². The van der Waals surface area contributed by atoms with Gasteiger partial charge in [-0.05, 0) is 42.3 Å². The lowest BCUT2D eigenvalue weighted by Gasteiger charge is -2.10. The molecule has 7 nitrogen and oxygen atoms in total. The summed E-state index contributed by atoms with van der Waals surface area (Å²) < 4.78 is 22.3. The molecule has 28 heavy (non-hydrogen) atoms. The van der Waals surface area contributed by atoms with Gasteiger partial charge in [0.25, 0.3) is 0 Å². The molecule has 0 aliphatic carbocycles. The Kier molecular flexibility index (Phi) is 5.05. The smallest absolute Gasteiger partial charge is 0.336 e. The highest BCUT2D eigenvalue weighted by atomic mass is 16.5. The molecule has 7 heteroatoms. The molecule has 0 spiro atoms. The molecule has 142 valence electrons. The van der Waals surface area contributed by atoms with E-state index in [9.17, 15) is 9.70 Å². The minimum absolute atomic E-state index is 0.340. The molecule has 0 fully saturated rings. The molecule has 0 aliphatic rings. The predicted molar refractivity (Wildman–Crippen MR) is 104 cm³/mol. The maximum Gasteiger partial charge on any atom is 0.336 e. The van der Waals surface area contributed by atoms with Crippen LogP contribution >= 0.6 is 0 Å². The highest BCUT2D eigenvalue weighted by molar-refractivity contribution is 6.01. The van der Waals surface area contributed by atoms with Crippen molar-refractivity contribution in [3.63, 3.8) is 0 Å². The summed E-state index contributed by atoms with van der Waals surface area (Å²) in [5.74, 6) is 1.25. The average molecular weight is 379 g/mol. The number of fused-ring (bicyclic) bond motifs is 2. The second kappa shape index (κ2) is 7.96. The van der Waals surface area contributed by atoms with Gasteiger partial charge in [0.05, 0.1) is 30.2 Å². The third-order valence-electron chi connectivity index (χ3n) is 4.29. The second-order valence-electron chi connectivity index (χ2n) is 6.20. The Bertz CT molecular complexity index is 1180. The monoisotopic (exact) mass is 379 g/mol. The van der Waals surface area contributed by atoms with Crippen LogP contribution in [0.5, 0.6) is 11.5 Å². The van der Waals surface area contributed by atoms with Gasteiger partial charge < -0.3 is 18.3 Å². The van der Waals surface area contributed by atoms with Crippen LogP contribution in [0.25, 0.3) is 21.9 Å². The number of nitrogens with zero attached hydrogens (tertiary/aromatic N) is 1. The Hall–Kier alpha value is -3.61. The number of rotatable bonds is 8. The fourth-order valence-electron chi connectivity index (χ4n) is 2.96. The molecule has 2 heterocycles. The summed E-state index contributed by atoms with van der Waals surface area (Å²) in [4.78, 5) is 22.0. The standard InChI is InChI=1S/C21H17NO6/c23-20-7-6-16-19(28-20)13-18-17(8-11-26-18)21(16)27-10-2-1-9-25-15-5-3-4-14(12-15)22-24/h3-8,11-13H,1-2,9-10H2. The van der Waals surface area contributed by atoms with Crippen molar-refractivity contribution in [3.05, 3.63) is 70.1 Å². The number of ether oxygens (including phenoxy) is 2. The van der Waals surface area contributed by atoms with E-state index < -0.39 is 5.63 Å². The average Bonchev–Trinajstić information content (AvgIpc) is 3.18. The van der Waals surface area contributed by atoms with Gasteiger partial charge in [0.15, 0.2) is 0 Å².